The van der Waals surface area contributed by atoms with Crippen LogP contribution >= 0.6 is 0 Å². The molecule has 1 heterocycles. The molecule has 6 heteroatoms. The van der Waals surface area contributed by atoms with E-state index in [1.54, 1.807) is 32.2 Å². The van der Waals surface area contributed by atoms with Crippen molar-refractivity contribution < 1.29 is 19.1 Å². The number of nitrogens with zero attached hydrogens (tertiary/aromatic N) is 2. The molecule has 0 radical (unpaired) electrons. The van der Waals surface area contributed by atoms with E-state index in [0.717, 1.165) is 10.5 Å². The minimum absolute atomic E-state index is 0.00292. The fraction of sp³-hybridized carbons (Fsp3) is 0.409. The summed E-state index contributed by atoms with van der Waals surface area (Å²) >= 11 is 0. The van der Waals surface area contributed by atoms with Gasteiger partial charge in [-0.1, -0.05) is 26.8 Å². The van der Waals surface area contributed by atoms with E-state index in [2.05, 4.69) is 13.8 Å². The second-order valence-corrected chi connectivity index (χ2v) is 7.05. The van der Waals surface area contributed by atoms with Crippen LogP contribution in [-0.4, -0.2) is 37.0 Å². The molecule has 148 valence electrons. The molecule has 0 saturated heterocycles. The van der Waals surface area contributed by atoms with Crippen molar-refractivity contribution >= 4 is 17.9 Å². The fourth-order valence-electron chi connectivity index (χ4n) is 2.87. The number of hydrogen-bond donors (Lipinski definition) is 0. The summed E-state index contributed by atoms with van der Waals surface area (Å²) in [5.74, 6) is 0.648. The van der Waals surface area contributed by atoms with Crippen molar-refractivity contribution in [3.05, 3.63) is 40.5 Å². The Labute approximate surface area is 166 Å². The van der Waals surface area contributed by atoms with Gasteiger partial charge < -0.3 is 9.47 Å². The van der Waals surface area contributed by atoms with Crippen LogP contribution in [0.2, 0.25) is 0 Å². The summed E-state index contributed by atoms with van der Waals surface area (Å²) in [5, 5.41) is 9.38. The van der Waals surface area contributed by atoms with Gasteiger partial charge in [0.15, 0.2) is 11.5 Å². The van der Waals surface area contributed by atoms with Crippen LogP contribution in [0.5, 0.6) is 11.5 Å². The van der Waals surface area contributed by atoms with E-state index in [1.165, 1.54) is 0 Å². The Balaban J connectivity index is 2.47. The molecule has 0 saturated carbocycles. The minimum Gasteiger partial charge on any atom is -0.493 e. The summed E-state index contributed by atoms with van der Waals surface area (Å²) in [6.07, 6.45) is 2.30. The number of benzene rings is 1. The molecule has 2 rings (SSSR count). The second kappa shape index (κ2) is 9.23. The predicted molar refractivity (Wildman–Crippen MR) is 107 cm³/mol. The van der Waals surface area contributed by atoms with Gasteiger partial charge in [0.1, 0.15) is 11.6 Å². The highest BCUT2D eigenvalue weighted by atomic mass is 16.5. The van der Waals surface area contributed by atoms with Crippen LogP contribution in [0.3, 0.4) is 0 Å². The summed E-state index contributed by atoms with van der Waals surface area (Å²) in [6.45, 7) is 8.47. The van der Waals surface area contributed by atoms with E-state index in [4.69, 9.17) is 9.47 Å². The highest BCUT2D eigenvalue weighted by Crippen LogP contribution is 2.32. The zero-order valence-electron chi connectivity index (χ0n) is 17.0. The van der Waals surface area contributed by atoms with E-state index in [1.807, 2.05) is 19.1 Å². The predicted octanol–water partition coefficient (Wildman–Crippen LogP) is 3.73. The number of carbonyl (C=O) groups excluding carboxylic acids is 2. The van der Waals surface area contributed by atoms with E-state index < -0.39 is 5.91 Å². The molecule has 28 heavy (non-hydrogen) atoms. The Morgan fingerprint density at radius 2 is 1.93 bits per heavy atom. The summed E-state index contributed by atoms with van der Waals surface area (Å²) in [7, 11) is 1.56. The topological polar surface area (TPSA) is 79.6 Å². The van der Waals surface area contributed by atoms with Crippen LogP contribution in [0.15, 0.2) is 34.9 Å². The number of methoxy groups -OCH3 is 1. The molecule has 0 N–H and O–H groups in total. The Kier molecular flexibility index (Phi) is 7.00. The summed E-state index contributed by atoms with van der Waals surface area (Å²) in [6, 6.07) is 7.32. The molecule has 0 aliphatic carbocycles. The average Bonchev–Trinajstić information content (AvgIpc) is 2.67. The zero-order chi connectivity index (χ0) is 20.8. The normalized spacial score (nSPS) is 16.0. The Morgan fingerprint density at radius 3 is 2.50 bits per heavy atom. The number of hydrogen-bond acceptors (Lipinski definition) is 5. The molecule has 1 aliphatic rings. The molecule has 1 aromatic rings. The van der Waals surface area contributed by atoms with Crippen molar-refractivity contribution in [1.29, 1.82) is 5.26 Å². The van der Waals surface area contributed by atoms with Gasteiger partial charge in [-0.2, -0.15) is 5.26 Å². The van der Waals surface area contributed by atoms with Crippen LogP contribution in [-0.2, 0) is 9.59 Å². The van der Waals surface area contributed by atoms with Gasteiger partial charge in [-0.05, 0) is 48.6 Å². The van der Waals surface area contributed by atoms with Crippen molar-refractivity contribution in [2.75, 3.05) is 20.3 Å². The molecule has 0 spiro atoms. The summed E-state index contributed by atoms with van der Waals surface area (Å²) in [4.78, 5) is 26.4. The van der Waals surface area contributed by atoms with Crippen LogP contribution in [0, 0.1) is 17.2 Å². The smallest absolute Gasteiger partial charge is 0.271 e. The van der Waals surface area contributed by atoms with Gasteiger partial charge in [0.05, 0.1) is 13.7 Å². The van der Waals surface area contributed by atoms with E-state index in [9.17, 15) is 14.9 Å². The molecular weight excluding hydrogens is 356 g/mol. The number of nitriles is 1. The lowest BCUT2D eigenvalue weighted by molar-refractivity contribution is -0.140. The van der Waals surface area contributed by atoms with Crippen molar-refractivity contribution in [2.45, 2.75) is 34.1 Å². The molecule has 0 bridgehead atoms. The van der Waals surface area contributed by atoms with Gasteiger partial charge in [-0.3, -0.25) is 14.5 Å². The first-order valence-electron chi connectivity index (χ1n) is 9.34. The summed E-state index contributed by atoms with van der Waals surface area (Å²) < 4.78 is 11.2. The van der Waals surface area contributed by atoms with Crippen LogP contribution < -0.4 is 9.47 Å². The Morgan fingerprint density at radius 1 is 1.21 bits per heavy atom. The van der Waals surface area contributed by atoms with Gasteiger partial charge in [0, 0.05) is 12.1 Å². The van der Waals surface area contributed by atoms with E-state index in [0.29, 0.717) is 41.6 Å². The zero-order valence-corrected chi connectivity index (χ0v) is 17.0. The molecule has 0 aromatic heterocycles. The van der Waals surface area contributed by atoms with Gasteiger partial charge in [0.25, 0.3) is 11.8 Å². The Bertz CT molecular complexity index is 875. The summed E-state index contributed by atoms with van der Waals surface area (Å²) in [5.41, 5.74) is 1.45. The molecule has 1 aliphatic heterocycles. The standard InChI is InChI=1S/C22H26N2O4/c1-6-9-24-21(25)17(15(4)18(12-23)22(24)26)10-16-7-8-19(20(11-16)27-5)28-13-14(2)3/h7-8,10-11,14H,6,9,13H2,1-5H3/b17-10+. The lowest BCUT2D eigenvalue weighted by atomic mass is 9.93. The SMILES string of the molecule is CCCN1C(=O)C(C#N)=C(C)/C(=C\c2ccc(OCC(C)C)c(OC)c2)C1=O. The molecule has 2 amide bonds. The minimum atomic E-state index is -0.529. The first-order valence-corrected chi connectivity index (χ1v) is 9.34. The van der Waals surface area contributed by atoms with Gasteiger partial charge in [0.2, 0.25) is 0 Å². The highest BCUT2D eigenvalue weighted by Gasteiger charge is 2.34. The first kappa shape index (κ1) is 21.2. The number of rotatable bonds is 7. The number of ether oxygens (including phenoxy) is 2. The van der Waals surface area contributed by atoms with Crippen molar-refractivity contribution in [1.82, 2.24) is 4.90 Å². The van der Waals surface area contributed by atoms with Gasteiger partial charge >= 0.3 is 0 Å². The molecule has 0 atom stereocenters. The quantitative estimate of drug-likeness (QED) is 0.530. The van der Waals surface area contributed by atoms with E-state index >= 15 is 0 Å². The molecule has 1 aromatic carbocycles. The third kappa shape index (κ3) is 4.42. The second-order valence-electron chi connectivity index (χ2n) is 7.05. The maximum absolute atomic E-state index is 12.8. The maximum Gasteiger partial charge on any atom is 0.271 e. The molecule has 0 fully saturated rings. The first-order chi connectivity index (χ1) is 13.3. The third-order valence-electron chi connectivity index (χ3n) is 4.34. The molecular formula is C22H26N2O4. The van der Waals surface area contributed by atoms with Gasteiger partial charge in [-0.15, -0.1) is 0 Å². The largest absolute Gasteiger partial charge is 0.493 e. The lowest BCUT2D eigenvalue weighted by Gasteiger charge is -2.27. The van der Waals surface area contributed by atoms with Crippen LogP contribution in [0.1, 0.15) is 39.7 Å². The Hall–Kier alpha value is -3.07. The third-order valence-corrected chi connectivity index (χ3v) is 4.34. The molecule has 6 nitrogen and oxygen atoms in total. The average molecular weight is 382 g/mol. The molecule has 0 unspecified atom stereocenters. The fourth-order valence-corrected chi connectivity index (χ4v) is 2.87. The lowest BCUT2D eigenvalue weighted by Crippen LogP contribution is -2.43. The van der Waals surface area contributed by atoms with Crippen molar-refractivity contribution in [3.63, 3.8) is 0 Å². The van der Waals surface area contributed by atoms with Crippen LogP contribution in [0.4, 0.5) is 0 Å². The monoisotopic (exact) mass is 382 g/mol. The van der Waals surface area contributed by atoms with Crippen molar-refractivity contribution in [2.24, 2.45) is 5.92 Å². The highest BCUT2D eigenvalue weighted by molar-refractivity contribution is 6.19. The number of imide groups is 1. The van der Waals surface area contributed by atoms with Gasteiger partial charge in [-0.25, -0.2) is 0 Å². The number of amides is 2. The van der Waals surface area contributed by atoms with Crippen LogP contribution in [0.25, 0.3) is 6.08 Å². The maximum atomic E-state index is 12.8. The number of carbonyl (C=O) groups is 2. The van der Waals surface area contributed by atoms with Crippen molar-refractivity contribution in [3.8, 4) is 17.6 Å². The van der Waals surface area contributed by atoms with E-state index in [-0.39, 0.29) is 18.0 Å².